The summed E-state index contributed by atoms with van der Waals surface area (Å²) in [6, 6.07) is 10.6. The van der Waals surface area contributed by atoms with Gasteiger partial charge in [0.1, 0.15) is 18.3 Å². The minimum atomic E-state index is -0.177. The number of ether oxygens (including phenoxy) is 2. The molecular weight excluding hydrogens is 304 g/mol. The minimum Gasteiger partial charge on any atom is -0.377 e. The molecule has 0 amide bonds. The van der Waals surface area contributed by atoms with Gasteiger partial charge in [-0.15, -0.1) is 10.2 Å². The molecular formula is C18H24N4O2. The Kier molecular flexibility index (Phi) is 4.60. The fourth-order valence-electron chi connectivity index (χ4n) is 3.84. The minimum absolute atomic E-state index is 0.177. The van der Waals surface area contributed by atoms with Gasteiger partial charge in [-0.1, -0.05) is 30.3 Å². The molecule has 2 aliphatic heterocycles. The van der Waals surface area contributed by atoms with E-state index in [2.05, 4.69) is 45.4 Å². The second kappa shape index (κ2) is 7.01. The molecule has 24 heavy (non-hydrogen) atoms. The van der Waals surface area contributed by atoms with Crippen molar-refractivity contribution < 1.29 is 9.47 Å². The lowest BCUT2D eigenvalue weighted by Gasteiger charge is -2.31. The highest BCUT2D eigenvalue weighted by molar-refractivity contribution is 5.14. The van der Waals surface area contributed by atoms with Crippen LogP contribution >= 0.6 is 0 Å². The van der Waals surface area contributed by atoms with E-state index in [9.17, 15) is 0 Å². The molecule has 0 bridgehead atoms. The summed E-state index contributed by atoms with van der Waals surface area (Å²) < 4.78 is 14.2. The highest BCUT2D eigenvalue weighted by Gasteiger charge is 2.43. The third-order valence-electron chi connectivity index (χ3n) is 4.90. The van der Waals surface area contributed by atoms with Gasteiger partial charge in [-0.25, -0.2) is 0 Å². The van der Waals surface area contributed by atoms with Crippen molar-refractivity contribution in [1.29, 1.82) is 0 Å². The van der Waals surface area contributed by atoms with Gasteiger partial charge < -0.3 is 14.0 Å². The van der Waals surface area contributed by atoms with Gasteiger partial charge in [0, 0.05) is 32.1 Å². The van der Waals surface area contributed by atoms with Crippen molar-refractivity contribution in [2.45, 2.75) is 25.1 Å². The number of benzene rings is 1. The van der Waals surface area contributed by atoms with E-state index in [4.69, 9.17) is 9.47 Å². The maximum absolute atomic E-state index is 6.27. The van der Waals surface area contributed by atoms with Gasteiger partial charge in [-0.05, 0) is 12.0 Å². The van der Waals surface area contributed by atoms with E-state index in [-0.39, 0.29) is 5.60 Å². The van der Waals surface area contributed by atoms with Gasteiger partial charge in [0.25, 0.3) is 0 Å². The number of hydrogen-bond acceptors (Lipinski definition) is 5. The highest BCUT2D eigenvalue weighted by atomic mass is 16.5. The lowest BCUT2D eigenvalue weighted by atomic mass is 9.94. The zero-order valence-electron chi connectivity index (χ0n) is 13.9. The second-order valence-electron chi connectivity index (χ2n) is 6.97. The van der Waals surface area contributed by atoms with Gasteiger partial charge in [0.05, 0.1) is 19.8 Å². The van der Waals surface area contributed by atoms with Crippen LogP contribution in [0.4, 0.5) is 0 Å². The summed E-state index contributed by atoms with van der Waals surface area (Å²) in [4.78, 5) is 2.46. The zero-order chi connectivity index (χ0) is 16.2. The molecule has 1 spiro atoms. The van der Waals surface area contributed by atoms with Crippen molar-refractivity contribution in [2.75, 3.05) is 32.9 Å². The van der Waals surface area contributed by atoms with Crippen LogP contribution in [0.25, 0.3) is 0 Å². The molecule has 0 N–H and O–H groups in total. The van der Waals surface area contributed by atoms with Crippen molar-refractivity contribution in [3.05, 3.63) is 48.5 Å². The van der Waals surface area contributed by atoms with Crippen LogP contribution in [0.5, 0.6) is 0 Å². The van der Waals surface area contributed by atoms with Gasteiger partial charge in [-0.2, -0.15) is 0 Å². The molecule has 0 unspecified atom stereocenters. The van der Waals surface area contributed by atoms with E-state index in [1.165, 1.54) is 5.56 Å². The Labute approximate surface area is 142 Å². The Morgan fingerprint density at radius 3 is 2.83 bits per heavy atom. The van der Waals surface area contributed by atoms with Crippen molar-refractivity contribution >= 4 is 0 Å². The quantitative estimate of drug-likeness (QED) is 0.853. The van der Waals surface area contributed by atoms with Crippen LogP contribution in [0.3, 0.4) is 0 Å². The number of hydrogen-bond donors (Lipinski definition) is 0. The molecule has 0 aliphatic carbocycles. The smallest absolute Gasteiger partial charge is 0.119 e. The van der Waals surface area contributed by atoms with E-state index >= 15 is 0 Å². The predicted molar refractivity (Wildman–Crippen MR) is 89.4 cm³/mol. The van der Waals surface area contributed by atoms with E-state index < -0.39 is 0 Å². The standard InChI is InChI=1S/C18H24N4O2/c1-2-4-16(5-3-1)9-21-6-7-23-13-18(12-21)8-17(11-24-18)10-22-14-19-20-15-22/h1-5,14-15,17H,6-13H2/t17-,18+/m0/s1. The second-order valence-corrected chi connectivity index (χ2v) is 6.97. The van der Waals surface area contributed by atoms with Crippen LogP contribution in [0.1, 0.15) is 12.0 Å². The lowest BCUT2D eigenvalue weighted by Crippen LogP contribution is -2.43. The molecule has 1 aromatic carbocycles. The summed E-state index contributed by atoms with van der Waals surface area (Å²) in [6.45, 7) is 5.99. The van der Waals surface area contributed by atoms with Gasteiger partial charge in [0.15, 0.2) is 0 Å². The molecule has 6 heteroatoms. The molecule has 2 aliphatic rings. The van der Waals surface area contributed by atoms with Crippen molar-refractivity contribution in [3.8, 4) is 0 Å². The summed E-state index contributed by atoms with van der Waals surface area (Å²) in [7, 11) is 0. The first kappa shape index (κ1) is 15.7. The number of nitrogens with zero attached hydrogens (tertiary/aromatic N) is 4. The maximum atomic E-state index is 6.27. The third-order valence-corrected chi connectivity index (χ3v) is 4.90. The number of rotatable bonds is 4. The van der Waals surface area contributed by atoms with Crippen LogP contribution in [0.15, 0.2) is 43.0 Å². The van der Waals surface area contributed by atoms with Crippen molar-refractivity contribution in [3.63, 3.8) is 0 Å². The molecule has 4 rings (SSSR count). The summed E-state index contributed by atoms with van der Waals surface area (Å²) in [5.41, 5.74) is 1.16. The van der Waals surface area contributed by atoms with Crippen molar-refractivity contribution in [2.24, 2.45) is 5.92 Å². The van der Waals surface area contributed by atoms with E-state index in [0.717, 1.165) is 45.8 Å². The SMILES string of the molecule is c1ccc(CN2CCOC[C@@]3(C[C@@H](Cn4cnnc4)CO3)C2)cc1. The first-order valence-electron chi connectivity index (χ1n) is 8.62. The highest BCUT2D eigenvalue weighted by Crippen LogP contribution is 2.33. The molecule has 0 saturated carbocycles. The van der Waals surface area contributed by atoms with E-state index in [1.807, 2.05) is 4.57 Å². The third kappa shape index (κ3) is 3.66. The van der Waals surface area contributed by atoms with Gasteiger partial charge in [0.2, 0.25) is 0 Å². The molecule has 6 nitrogen and oxygen atoms in total. The molecule has 1 aromatic heterocycles. The van der Waals surface area contributed by atoms with Gasteiger partial charge >= 0.3 is 0 Å². The first-order valence-corrected chi connectivity index (χ1v) is 8.62. The maximum Gasteiger partial charge on any atom is 0.119 e. The molecule has 128 valence electrons. The molecule has 3 heterocycles. The Balaban J connectivity index is 1.40. The summed E-state index contributed by atoms with van der Waals surface area (Å²) in [6.07, 6.45) is 4.57. The predicted octanol–water partition coefficient (Wildman–Crippen LogP) is 1.59. The Hall–Kier alpha value is -1.76. The Morgan fingerprint density at radius 1 is 1.17 bits per heavy atom. The Morgan fingerprint density at radius 2 is 2.00 bits per heavy atom. The van der Waals surface area contributed by atoms with Crippen LogP contribution in [-0.2, 0) is 22.6 Å². The molecule has 2 fully saturated rings. The summed E-state index contributed by atoms with van der Waals surface area (Å²) >= 11 is 0. The summed E-state index contributed by atoms with van der Waals surface area (Å²) in [5.74, 6) is 0.487. The van der Waals surface area contributed by atoms with Crippen LogP contribution in [-0.4, -0.2) is 58.2 Å². The molecule has 2 atom stereocenters. The van der Waals surface area contributed by atoms with E-state index in [0.29, 0.717) is 12.5 Å². The average molecular weight is 328 g/mol. The topological polar surface area (TPSA) is 52.4 Å². The average Bonchev–Trinajstić information content (AvgIpc) is 3.19. The Bertz CT molecular complexity index is 634. The lowest BCUT2D eigenvalue weighted by molar-refractivity contribution is -0.0563. The largest absolute Gasteiger partial charge is 0.377 e. The van der Waals surface area contributed by atoms with E-state index in [1.54, 1.807) is 12.7 Å². The fraction of sp³-hybridized carbons (Fsp3) is 0.556. The van der Waals surface area contributed by atoms with Crippen LogP contribution < -0.4 is 0 Å². The zero-order valence-corrected chi connectivity index (χ0v) is 13.9. The molecule has 0 radical (unpaired) electrons. The molecule has 2 aromatic rings. The van der Waals surface area contributed by atoms with Crippen LogP contribution in [0.2, 0.25) is 0 Å². The molecule has 2 saturated heterocycles. The first-order chi connectivity index (χ1) is 11.8. The van der Waals surface area contributed by atoms with Crippen molar-refractivity contribution in [1.82, 2.24) is 19.7 Å². The van der Waals surface area contributed by atoms with Crippen LogP contribution in [0, 0.1) is 5.92 Å². The van der Waals surface area contributed by atoms with Gasteiger partial charge in [-0.3, -0.25) is 4.90 Å². The fourth-order valence-corrected chi connectivity index (χ4v) is 3.84. The normalized spacial score (nSPS) is 28.2. The monoisotopic (exact) mass is 328 g/mol. The summed E-state index contributed by atoms with van der Waals surface area (Å²) in [5, 5.41) is 7.76. The number of aromatic nitrogens is 3.